The van der Waals surface area contributed by atoms with E-state index in [0.717, 1.165) is 29.7 Å². The van der Waals surface area contributed by atoms with Crippen LogP contribution in [0.3, 0.4) is 0 Å². The van der Waals surface area contributed by atoms with Gasteiger partial charge in [-0.05, 0) is 67.9 Å². The Bertz CT molecular complexity index is 1160. The van der Waals surface area contributed by atoms with Crippen LogP contribution in [0.4, 0.5) is 5.00 Å². The molecule has 3 N–H and O–H groups in total. The van der Waals surface area contributed by atoms with Crippen molar-refractivity contribution in [2.75, 3.05) is 25.5 Å². The standard InChI is InChI=1S/C23H29N3O5S2/c1-14-5-10-18-19(12-14)32-23(20(18)21(24)27)25-22(28)15-4-3-11-26(13-15)33(29,30)17-8-6-16(31-2)7-9-17/h6-9,14-15H,3-5,10-13H2,1-2H3,(H2,24,27)(H,25,28). The first-order valence-electron chi connectivity index (χ1n) is 11.1. The average molecular weight is 492 g/mol. The van der Waals surface area contributed by atoms with Crippen molar-refractivity contribution in [1.82, 2.24) is 4.31 Å². The SMILES string of the molecule is COc1ccc(S(=O)(=O)N2CCCC(C(=O)Nc3sc4c(c3C(N)=O)CCC(C)C4)C2)cc1. The minimum absolute atomic E-state index is 0.0915. The van der Waals surface area contributed by atoms with Gasteiger partial charge in [0, 0.05) is 18.0 Å². The first-order valence-corrected chi connectivity index (χ1v) is 13.4. The Morgan fingerprint density at radius 2 is 1.94 bits per heavy atom. The third-order valence-electron chi connectivity index (χ3n) is 6.45. The summed E-state index contributed by atoms with van der Waals surface area (Å²) in [5.41, 5.74) is 7.02. The highest BCUT2D eigenvalue weighted by Crippen LogP contribution is 2.40. The quantitative estimate of drug-likeness (QED) is 0.644. The predicted molar refractivity (Wildman–Crippen MR) is 127 cm³/mol. The highest BCUT2D eigenvalue weighted by atomic mass is 32.2. The minimum atomic E-state index is -3.73. The topological polar surface area (TPSA) is 119 Å². The van der Waals surface area contributed by atoms with Gasteiger partial charge in [0.15, 0.2) is 0 Å². The fourth-order valence-corrected chi connectivity index (χ4v) is 7.53. The van der Waals surface area contributed by atoms with Crippen molar-refractivity contribution < 1.29 is 22.7 Å². The van der Waals surface area contributed by atoms with Crippen molar-refractivity contribution in [3.05, 3.63) is 40.3 Å². The van der Waals surface area contributed by atoms with Gasteiger partial charge < -0.3 is 15.8 Å². The summed E-state index contributed by atoms with van der Waals surface area (Å²) in [5.74, 6) is -0.229. The Balaban J connectivity index is 1.51. The highest BCUT2D eigenvalue weighted by Gasteiger charge is 2.34. The summed E-state index contributed by atoms with van der Waals surface area (Å²) in [6, 6.07) is 6.22. The van der Waals surface area contributed by atoms with E-state index < -0.39 is 21.8 Å². The molecule has 178 valence electrons. The Morgan fingerprint density at radius 3 is 2.61 bits per heavy atom. The molecule has 2 heterocycles. The lowest BCUT2D eigenvalue weighted by Gasteiger charge is -2.31. The van der Waals surface area contributed by atoms with Crippen LogP contribution in [-0.4, -0.2) is 44.7 Å². The lowest BCUT2D eigenvalue weighted by molar-refractivity contribution is -0.120. The van der Waals surface area contributed by atoms with Crippen LogP contribution >= 0.6 is 11.3 Å². The van der Waals surface area contributed by atoms with Gasteiger partial charge in [0.05, 0.1) is 23.5 Å². The molecule has 0 saturated carbocycles. The highest BCUT2D eigenvalue weighted by molar-refractivity contribution is 7.89. The Morgan fingerprint density at radius 1 is 1.21 bits per heavy atom. The van der Waals surface area contributed by atoms with Gasteiger partial charge in [-0.2, -0.15) is 4.31 Å². The molecule has 2 unspecified atom stereocenters. The number of sulfonamides is 1. The van der Waals surface area contributed by atoms with Crippen LogP contribution in [0.2, 0.25) is 0 Å². The van der Waals surface area contributed by atoms with Gasteiger partial charge in [-0.1, -0.05) is 6.92 Å². The van der Waals surface area contributed by atoms with E-state index in [9.17, 15) is 18.0 Å². The van der Waals surface area contributed by atoms with Crippen LogP contribution in [0.5, 0.6) is 5.75 Å². The zero-order chi connectivity index (χ0) is 23.8. The molecule has 1 fully saturated rings. The van der Waals surface area contributed by atoms with Gasteiger partial charge in [0.25, 0.3) is 5.91 Å². The molecule has 2 amide bonds. The first kappa shape index (κ1) is 23.7. The van der Waals surface area contributed by atoms with Crippen molar-refractivity contribution in [2.24, 2.45) is 17.6 Å². The number of nitrogens with two attached hydrogens (primary N) is 1. The molecular formula is C23H29N3O5S2. The van der Waals surface area contributed by atoms with Crippen LogP contribution in [0, 0.1) is 11.8 Å². The van der Waals surface area contributed by atoms with Crippen LogP contribution in [0.15, 0.2) is 29.2 Å². The molecule has 2 aliphatic rings. The molecule has 1 aromatic carbocycles. The van der Waals surface area contributed by atoms with E-state index in [2.05, 4.69) is 12.2 Å². The summed E-state index contributed by atoms with van der Waals surface area (Å²) in [7, 11) is -2.21. The largest absolute Gasteiger partial charge is 0.497 e. The molecule has 0 spiro atoms. The van der Waals surface area contributed by atoms with Gasteiger partial charge >= 0.3 is 0 Å². The van der Waals surface area contributed by atoms with Crippen LogP contribution in [-0.2, 0) is 27.7 Å². The number of thiophene rings is 1. The van der Waals surface area contributed by atoms with E-state index in [1.54, 1.807) is 12.1 Å². The van der Waals surface area contributed by atoms with Crippen molar-refractivity contribution in [2.45, 2.75) is 43.9 Å². The van der Waals surface area contributed by atoms with Gasteiger partial charge in [-0.15, -0.1) is 11.3 Å². The molecule has 1 aliphatic carbocycles. The molecule has 33 heavy (non-hydrogen) atoms. The second kappa shape index (κ2) is 9.44. The number of nitrogens with one attached hydrogen (secondary N) is 1. The summed E-state index contributed by atoms with van der Waals surface area (Å²) in [5, 5.41) is 3.39. The average Bonchev–Trinajstić information content (AvgIpc) is 3.16. The summed E-state index contributed by atoms with van der Waals surface area (Å²) in [4.78, 5) is 26.5. The van der Waals surface area contributed by atoms with E-state index in [1.165, 1.54) is 34.9 Å². The number of piperidine rings is 1. The molecule has 10 heteroatoms. The van der Waals surface area contributed by atoms with Gasteiger partial charge in [0.1, 0.15) is 10.8 Å². The maximum absolute atomic E-state index is 13.1. The number of ether oxygens (including phenoxy) is 1. The van der Waals surface area contributed by atoms with Crippen LogP contribution < -0.4 is 15.8 Å². The number of carbonyl (C=O) groups is 2. The molecule has 2 aromatic rings. The van der Waals surface area contributed by atoms with Crippen LogP contribution in [0.25, 0.3) is 0 Å². The number of hydrogen-bond donors (Lipinski definition) is 2. The third kappa shape index (κ3) is 4.78. The van der Waals surface area contributed by atoms with Gasteiger partial charge in [0.2, 0.25) is 15.9 Å². The number of anilines is 1. The maximum Gasteiger partial charge on any atom is 0.251 e. The van der Waals surface area contributed by atoms with Gasteiger partial charge in [-0.3, -0.25) is 9.59 Å². The Labute approximate surface area is 198 Å². The number of primary amides is 1. The summed E-state index contributed by atoms with van der Waals surface area (Å²) < 4.78 is 32.7. The number of carbonyl (C=O) groups excluding carboxylic acids is 2. The second-order valence-corrected chi connectivity index (χ2v) is 11.8. The molecule has 0 bridgehead atoms. The minimum Gasteiger partial charge on any atom is -0.497 e. The molecule has 1 saturated heterocycles. The molecule has 1 aromatic heterocycles. The van der Waals surface area contributed by atoms with Crippen LogP contribution in [0.1, 0.15) is 47.0 Å². The summed E-state index contributed by atoms with van der Waals surface area (Å²) in [6.45, 7) is 2.62. The molecule has 2 atom stereocenters. The van der Waals surface area contributed by atoms with Gasteiger partial charge in [-0.25, -0.2) is 8.42 Å². The molecule has 1 aliphatic heterocycles. The normalized spacial score (nSPS) is 21.3. The Hall–Kier alpha value is -2.43. The number of benzene rings is 1. The predicted octanol–water partition coefficient (Wildman–Crippen LogP) is 3.02. The zero-order valence-electron chi connectivity index (χ0n) is 18.8. The molecular weight excluding hydrogens is 462 g/mol. The van der Waals surface area contributed by atoms with E-state index in [0.29, 0.717) is 41.6 Å². The van der Waals surface area contributed by atoms with E-state index >= 15 is 0 Å². The smallest absolute Gasteiger partial charge is 0.251 e. The lowest BCUT2D eigenvalue weighted by Crippen LogP contribution is -2.43. The number of rotatable bonds is 6. The van der Waals surface area contributed by atoms with E-state index in [4.69, 9.17) is 10.5 Å². The molecule has 4 rings (SSSR count). The number of hydrogen-bond acceptors (Lipinski definition) is 6. The summed E-state index contributed by atoms with van der Waals surface area (Å²) >= 11 is 1.42. The van der Waals surface area contributed by atoms with Crippen molar-refractivity contribution in [1.29, 1.82) is 0 Å². The lowest BCUT2D eigenvalue weighted by atomic mass is 9.88. The maximum atomic E-state index is 13.1. The molecule has 8 nitrogen and oxygen atoms in total. The monoisotopic (exact) mass is 491 g/mol. The van der Waals surface area contributed by atoms with E-state index in [1.807, 2.05) is 0 Å². The number of nitrogens with zero attached hydrogens (tertiary/aromatic N) is 1. The third-order valence-corrected chi connectivity index (χ3v) is 9.50. The molecule has 0 radical (unpaired) electrons. The van der Waals surface area contributed by atoms with Crippen molar-refractivity contribution in [3.63, 3.8) is 0 Å². The van der Waals surface area contributed by atoms with E-state index in [-0.39, 0.29) is 17.3 Å². The second-order valence-electron chi connectivity index (χ2n) is 8.79. The number of amides is 2. The fraction of sp³-hybridized carbons (Fsp3) is 0.478. The number of methoxy groups -OCH3 is 1. The zero-order valence-corrected chi connectivity index (χ0v) is 20.4. The Kier molecular flexibility index (Phi) is 6.78. The van der Waals surface area contributed by atoms with Crippen molar-refractivity contribution in [3.8, 4) is 5.75 Å². The first-order chi connectivity index (χ1) is 15.7. The van der Waals surface area contributed by atoms with Crippen molar-refractivity contribution >= 4 is 38.2 Å². The fourth-order valence-electron chi connectivity index (χ4n) is 4.58. The summed E-state index contributed by atoms with van der Waals surface area (Å²) in [6.07, 6.45) is 3.78. The number of fused-ring (bicyclic) bond motifs is 1.